The summed E-state index contributed by atoms with van der Waals surface area (Å²) >= 11 is 0. The molecular formula is C27H48O2. The van der Waals surface area contributed by atoms with E-state index in [-0.39, 0.29) is 17.6 Å². The predicted octanol–water partition coefficient (Wildman–Crippen LogP) is 6.44. The smallest absolute Gasteiger partial charge is 0.0602 e. The molecule has 4 fully saturated rings. The van der Waals surface area contributed by atoms with Crippen LogP contribution in [0.3, 0.4) is 0 Å². The van der Waals surface area contributed by atoms with E-state index in [1.165, 1.54) is 51.4 Å². The lowest BCUT2D eigenvalue weighted by Gasteiger charge is -2.62. The van der Waals surface area contributed by atoms with Crippen molar-refractivity contribution >= 4 is 0 Å². The molecule has 4 saturated carbocycles. The van der Waals surface area contributed by atoms with Crippen LogP contribution >= 0.6 is 0 Å². The van der Waals surface area contributed by atoms with Gasteiger partial charge in [0.2, 0.25) is 0 Å². The molecule has 0 aromatic rings. The highest BCUT2D eigenvalue weighted by Gasteiger charge is 2.63. The van der Waals surface area contributed by atoms with E-state index in [1.54, 1.807) is 0 Å². The summed E-state index contributed by atoms with van der Waals surface area (Å²) in [5.74, 6) is 5.14. The molecule has 0 bridgehead atoms. The molecule has 2 N–H and O–H groups in total. The zero-order chi connectivity index (χ0) is 21.0. The summed E-state index contributed by atoms with van der Waals surface area (Å²) in [6.07, 6.45) is 13.3. The summed E-state index contributed by atoms with van der Waals surface area (Å²) in [7, 11) is 0. The molecule has 4 rings (SSSR count). The van der Waals surface area contributed by atoms with Gasteiger partial charge in [-0.1, -0.05) is 53.9 Å². The predicted molar refractivity (Wildman–Crippen MR) is 120 cm³/mol. The molecule has 2 heteroatoms. The van der Waals surface area contributed by atoms with Crippen molar-refractivity contribution < 1.29 is 10.2 Å². The molecular weight excluding hydrogens is 356 g/mol. The van der Waals surface area contributed by atoms with E-state index < -0.39 is 0 Å². The molecule has 2 nitrogen and oxygen atoms in total. The number of hydrogen-bond acceptors (Lipinski definition) is 2. The summed E-state index contributed by atoms with van der Waals surface area (Å²) in [5, 5.41) is 21.9. The summed E-state index contributed by atoms with van der Waals surface area (Å²) < 4.78 is 0. The quantitative estimate of drug-likeness (QED) is 0.553. The Morgan fingerprint density at radius 1 is 0.862 bits per heavy atom. The molecule has 29 heavy (non-hydrogen) atoms. The summed E-state index contributed by atoms with van der Waals surface area (Å²) in [6.45, 7) is 12.2. The normalized spacial score (nSPS) is 50.7. The number of aliphatic hydroxyl groups is 2. The Balaban J connectivity index is 1.51. The maximum atomic E-state index is 11.6. The van der Waals surface area contributed by atoms with Crippen LogP contribution in [0.2, 0.25) is 0 Å². The third-order valence-corrected chi connectivity index (χ3v) is 10.9. The van der Waals surface area contributed by atoms with E-state index in [2.05, 4.69) is 34.6 Å². The molecule has 0 aromatic heterocycles. The van der Waals surface area contributed by atoms with Gasteiger partial charge in [-0.3, -0.25) is 0 Å². The van der Waals surface area contributed by atoms with Gasteiger partial charge in [-0.15, -0.1) is 0 Å². The average Bonchev–Trinajstić information content (AvgIpc) is 3.02. The van der Waals surface area contributed by atoms with Crippen LogP contribution in [0.5, 0.6) is 0 Å². The molecule has 0 heterocycles. The molecule has 10 atom stereocenters. The highest BCUT2D eigenvalue weighted by molar-refractivity contribution is 5.12. The Morgan fingerprint density at radius 2 is 1.62 bits per heavy atom. The van der Waals surface area contributed by atoms with Gasteiger partial charge < -0.3 is 10.2 Å². The van der Waals surface area contributed by atoms with Crippen molar-refractivity contribution in [1.29, 1.82) is 0 Å². The van der Waals surface area contributed by atoms with E-state index in [0.717, 1.165) is 42.9 Å². The number of aliphatic hydroxyl groups excluding tert-OH is 2. The zero-order valence-corrected chi connectivity index (χ0v) is 19.9. The van der Waals surface area contributed by atoms with Crippen LogP contribution in [0.4, 0.5) is 0 Å². The zero-order valence-electron chi connectivity index (χ0n) is 19.9. The fourth-order valence-electron chi connectivity index (χ4n) is 9.21. The highest BCUT2D eigenvalue weighted by Crippen LogP contribution is 2.68. The number of rotatable bonds is 5. The second kappa shape index (κ2) is 8.12. The van der Waals surface area contributed by atoms with Gasteiger partial charge in [0.25, 0.3) is 0 Å². The summed E-state index contributed by atoms with van der Waals surface area (Å²) in [4.78, 5) is 0. The maximum absolute atomic E-state index is 11.6. The van der Waals surface area contributed by atoms with Crippen molar-refractivity contribution in [1.82, 2.24) is 0 Å². The molecule has 0 unspecified atom stereocenters. The lowest BCUT2D eigenvalue weighted by molar-refractivity contribution is -0.174. The molecule has 168 valence electrons. The second-order valence-electron chi connectivity index (χ2n) is 12.7. The average molecular weight is 405 g/mol. The minimum atomic E-state index is -0.128. The van der Waals surface area contributed by atoms with E-state index in [0.29, 0.717) is 23.2 Å². The van der Waals surface area contributed by atoms with Crippen molar-refractivity contribution in [2.45, 2.75) is 117 Å². The maximum Gasteiger partial charge on any atom is 0.0602 e. The first-order chi connectivity index (χ1) is 13.7. The first-order valence-electron chi connectivity index (χ1n) is 13.0. The van der Waals surface area contributed by atoms with Crippen molar-refractivity contribution in [3.05, 3.63) is 0 Å². The fourth-order valence-corrected chi connectivity index (χ4v) is 9.21. The van der Waals surface area contributed by atoms with Crippen LogP contribution < -0.4 is 0 Å². The van der Waals surface area contributed by atoms with Crippen LogP contribution in [0, 0.1) is 52.3 Å². The van der Waals surface area contributed by atoms with Gasteiger partial charge in [0, 0.05) is 0 Å². The fraction of sp³-hybridized carbons (Fsp3) is 1.00. The largest absolute Gasteiger partial charge is 0.393 e. The Kier molecular flexibility index (Phi) is 6.19. The molecule has 4 aliphatic rings. The van der Waals surface area contributed by atoms with Gasteiger partial charge in [-0.05, 0) is 104 Å². The van der Waals surface area contributed by atoms with Gasteiger partial charge in [0.05, 0.1) is 12.2 Å². The minimum absolute atomic E-state index is 0.0778. The van der Waals surface area contributed by atoms with E-state index in [1.807, 2.05) is 0 Å². The molecule has 0 saturated heterocycles. The van der Waals surface area contributed by atoms with Crippen molar-refractivity contribution in [2.75, 3.05) is 0 Å². The van der Waals surface area contributed by atoms with Gasteiger partial charge in [0.15, 0.2) is 0 Å². The Morgan fingerprint density at radius 3 is 2.34 bits per heavy atom. The van der Waals surface area contributed by atoms with Crippen LogP contribution in [-0.4, -0.2) is 22.4 Å². The van der Waals surface area contributed by atoms with Crippen LogP contribution in [0.25, 0.3) is 0 Å². The molecule has 4 aliphatic carbocycles. The third kappa shape index (κ3) is 3.63. The first-order valence-corrected chi connectivity index (χ1v) is 13.0. The van der Waals surface area contributed by atoms with Crippen molar-refractivity contribution in [2.24, 2.45) is 52.3 Å². The molecule has 0 radical (unpaired) electrons. The topological polar surface area (TPSA) is 40.5 Å². The van der Waals surface area contributed by atoms with Gasteiger partial charge in [-0.25, -0.2) is 0 Å². The molecule has 0 spiro atoms. The number of hydrogen-bond donors (Lipinski definition) is 2. The standard InChI is InChI=1S/C27H48O2/c1-17(2)7-6-8-18(3)22-11-12-23-21-10-9-19-15-20(28)13-14-26(19,4)24(21)16-25(29)27(22,23)5/h17-25,28-29H,6-16H2,1-5H3/t18-,19-,20-,21+,22-,23+,24+,25+,26+,27-/m1/s1. The van der Waals surface area contributed by atoms with Gasteiger partial charge >= 0.3 is 0 Å². The first kappa shape index (κ1) is 22.1. The van der Waals surface area contributed by atoms with Crippen LogP contribution in [0.1, 0.15) is 105 Å². The summed E-state index contributed by atoms with van der Waals surface area (Å²) in [6, 6.07) is 0. The lowest BCUT2D eigenvalue weighted by Crippen LogP contribution is -2.58. The Labute approximate surface area is 180 Å². The number of fused-ring (bicyclic) bond motifs is 5. The summed E-state index contributed by atoms with van der Waals surface area (Å²) in [5.41, 5.74) is 0.487. The third-order valence-electron chi connectivity index (χ3n) is 10.9. The minimum Gasteiger partial charge on any atom is -0.393 e. The van der Waals surface area contributed by atoms with Crippen LogP contribution in [-0.2, 0) is 0 Å². The Hall–Kier alpha value is -0.0800. The molecule has 0 amide bonds. The van der Waals surface area contributed by atoms with Gasteiger partial charge in [0.1, 0.15) is 0 Å². The van der Waals surface area contributed by atoms with E-state index in [9.17, 15) is 10.2 Å². The monoisotopic (exact) mass is 404 g/mol. The molecule has 0 aromatic carbocycles. The SMILES string of the molecule is CC(C)CCC[C@@H](C)[C@H]1CC[C@H]2[C@@H]3CC[C@@H]4C[C@H](O)CC[C@]4(C)[C@H]3C[C@H](O)[C@]12C. The lowest BCUT2D eigenvalue weighted by atomic mass is 9.43. The van der Waals surface area contributed by atoms with Crippen molar-refractivity contribution in [3.63, 3.8) is 0 Å². The second-order valence-corrected chi connectivity index (χ2v) is 12.7. The van der Waals surface area contributed by atoms with Crippen LogP contribution in [0.15, 0.2) is 0 Å². The molecule has 0 aliphatic heterocycles. The van der Waals surface area contributed by atoms with Gasteiger partial charge in [-0.2, -0.15) is 0 Å². The Bertz CT molecular complexity index is 573. The highest BCUT2D eigenvalue weighted by atomic mass is 16.3. The van der Waals surface area contributed by atoms with Crippen molar-refractivity contribution in [3.8, 4) is 0 Å². The van der Waals surface area contributed by atoms with E-state index in [4.69, 9.17) is 0 Å². The van der Waals surface area contributed by atoms with E-state index >= 15 is 0 Å².